The summed E-state index contributed by atoms with van der Waals surface area (Å²) in [7, 11) is 0. The third-order valence-electron chi connectivity index (χ3n) is 1.65. The molecule has 0 aromatic heterocycles. The lowest BCUT2D eigenvalue weighted by molar-refractivity contribution is -0.139. The van der Waals surface area contributed by atoms with Gasteiger partial charge in [-0.05, 0) is 19.1 Å². The molecule has 0 bridgehead atoms. The van der Waals surface area contributed by atoms with Crippen LogP contribution in [0.1, 0.15) is 6.92 Å². The smallest absolute Gasteiger partial charge is 0.333 e. The first-order chi connectivity index (χ1) is 7.70. The van der Waals surface area contributed by atoms with E-state index in [4.69, 9.17) is 8.92 Å². The number of esters is 1. The number of rotatable bonds is 6. The molecule has 0 unspecified atom stereocenters. The Labute approximate surface area is 99.7 Å². The number of hydrogen-bond acceptors (Lipinski definition) is 4. The van der Waals surface area contributed by atoms with Gasteiger partial charge in [0.1, 0.15) is 6.61 Å². The Bertz CT molecular complexity index is 349. The van der Waals surface area contributed by atoms with Crippen LogP contribution in [0.2, 0.25) is 0 Å². The third-order valence-corrected chi connectivity index (χ3v) is 2.40. The maximum Gasteiger partial charge on any atom is 0.333 e. The van der Waals surface area contributed by atoms with Crippen molar-refractivity contribution in [1.29, 1.82) is 0 Å². The van der Waals surface area contributed by atoms with Crippen LogP contribution < -0.4 is 0 Å². The standard InChI is InChI=1S/C12H14O3S/c1-10(2)12(13)14-8-9-15-16-11-6-4-3-5-7-11/h3-7H,1,8-9H2,2H3. The number of carbonyl (C=O) groups is 1. The number of ether oxygens (including phenoxy) is 1. The van der Waals surface area contributed by atoms with E-state index in [0.717, 1.165) is 4.90 Å². The van der Waals surface area contributed by atoms with Gasteiger partial charge in [-0.1, -0.05) is 24.8 Å². The van der Waals surface area contributed by atoms with Gasteiger partial charge in [0, 0.05) is 22.5 Å². The number of benzene rings is 1. The Morgan fingerprint density at radius 3 is 2.62 bits per heavy atom. The molecule has 0 saturated heterocycles. The lowest BCUT2D eigenvalue weighted by Gasteiger charge is -2.04. The Morgan fingerprint density at radius 2 is 2.00 bits per heavy atom. The summed E-state index contributed by atoms with van der Waals surface area (Å²) in [4.78, 5) is 12.0. The minimum Gasteiger partial charge on any atom is -0.460 e. The molecule has 1 aromatic carbocycles. The summed E-state index contributed by atoms with van der Waals surface area (Å²) >= 11 is 1.27. The summed E-state index contributed by atoms with van der Waals surface area (Å²) in [5.74, 6) is -0.381. The molecule has 0 N–H and O–H groups in total. The molecule has 4 heteroatoms. The van der Waals surface area contributed by atoms with E-state index in [-0.39, 0.29) is 12.6 Å². The largest absolute Gasteiger partial charge is 0.460 e. The fourth-order valence-electron chi connectivity index (χ4n) is 0.877. The zero-order valence-electron chi connectivity index (χ0n) is 9.14. The van der Waals surface area contributed by atoms with E-state index in [2.05, 4.69) is 6.58 Å². The van der Waals surface area contributed by atoms with Crippen LogP contribution in [0.5, 0.6) is 0 Å². The predicted octanol–water partition coefficient (Wildman–Crippen LogP) is 2.83. The molecule has 0 fully saturated rings. The maximum absolute atomic E-state index is 11.0. The zero-order valence-corrected chi connectivity index (χ0v) is 9.96. The van der Waals surface area contributed by atoms with Crippen molar-refractivity contribution in [1.82, 2.24) is 0 Å². The van der Waals surface area contributed by atoms with Gasteiger partial charge in [-0.3, -0.25) is 0 Å². The first-order valence-electron chi connectivity index (χ1n) is 4.87. The molecular weight excluding hydrogens is 224 g/mol. The molecule has 0 aliphatic heterocycles. The molecule has 0 heterocycles. The van der Waals surface area contributed by atoms with Crippen molar-refractivity contribution < 1.29 is 13.7 Å². The van der Waals surface area contributed by atoms with Gasteiger partial charge in [-0.2, -0.15) is 0 Å². The van der Waals surface area contributed by atoms with Crippen molar-refractivity contribution in [3.8, 4) is 0 Å². The second kappa shape index (κ2) is 7.09. The Morgan fingerprint density at radius 1 is 1.31 bits per heavy atom. The van der Waals surface area contributed by atoms with E-state index in [9.17, 15) is 4.79 Å². The minimum absolute atomic E-state index is 0.242. The van der Waals surface area contributed by atoms with Crippen molar-refractivity contribution in [3.05, 3.63) is 42.5 Å². The molecule has 0 radical (unpaired) electrons. The summed E-state index contributed by atoms with van der Waals surface area (Å²) in [6.07, 6.45) is 0. The Hall–Kier alpha value is -1.26. The van der Waals surface area contributed by atoms with Crippen LogP contribution in [0.15, 0.2) is 47.4 Å². The van der Waals surface area contributed by atoms with Crippen LogP contribution in [-0.4, -0.2) is 19.2 Å². The van der Waals surface area contributed by atoms with E-state index in [0.29, 0.717) is 12.2 Å². The number of hydrogen-bond donors (Lipinski definition) is 0. The molecule has 3 nitrogen and oxygen atoms in total. The van der Waals surface area contributed by atoms with Crippen molar-refractivity contribution >= 4 is 18.0 Å². The highest BCUT2D eigenvalue weighted by molar-refractivity contribution is 7.94. The van der Waals surface area contributed by atoms with Gasteiger partial charge in [-0.15, -0.1) is 0 Å². The summed E-state index contributed by atoms with van der Waals surface area (Å²) < 4.78 is 10.1. The molecule has 0 saturated carbocycles. The zero-order chi connectivity index (χ0) is 11.8. The first kappa shape index (κ1) is 12.8. The highest BCUT2D eigenvalue weighted by Crippen LogP contribution is 2.17. The lowest BCUT2D eigenvalue weighted by atomic mass is 10.4. The van der Waals surface area contributed by atoms with Gasteiger partial charge in [-0.25, -0.2) is 4.79 Å². The van der Waals surface area contributed by atoms with E-state index >= 15 is 0 Å². The van der Waals surface area contributed by atoms with Gasteiger partial charge >= 0.3 is 5.97 Å². The second-order valence-electron chi connectivity index (χ2n) is 3.13. The SMILES string of the molecule is C=C(C)C(=O)OCCOSc1ccccc1. The van der Waals surface area contributed by atoms with Gasteiger partial charge in [0.05, 0.1) is 6.61 Å². The summed E-state index contributed by atoms with van der Waals surface area (Å²) in [5, 5.41) is 0. The van der Waals surface area contributed by atoms with Crippen LogP contribution in [0.3, 0.4) is 0 Å². The highest BCUT2D eigenvalue weighted by atomic mass is 32.2. The van der Waals surface area contributed by atoms with Gasteiger partial charge in [0.25, 0.3) is 0 Å². The topological polar surface area (TPSA) is 35.5 Å². The second-order valence-corrected chi connectivity index (χ2v) is 4.01. The van der Waals surface area contributed by atoms with E-state index in [1.807, 2.05) is 30.3 Å². The van der Waals surface area contributed by atoms with Crippen LogP contribution >= 0.6 is 12.0 Å². The summed E-state index contributed by atoms with van der Waals surface area (Å²) in [5.41, 5.74) is 0.399. The molecule has 0 atom stereocenters. The summed E-state index contributed by atoms with van der Waals surface area (Å²) in [6.45, 7) is 5.70. The summed E-state index contributed by atoms with van der Waals surface area (Å²) in [6, 6.07) is 9.72. The molecule has 86 valence electrons. The first-order valence-corrected chi connectivity index (χ1v) is 5.61. The Kier molecular flexibility index (Phi) is 5.67. The molecule has 1 aromatic rings. The number of carbonyl (C=O) groups excluding carboxylic acids is 1. The average molecular weight is 238 g/mol. The lowest BCUT2D eigenvalue weighted by Crippen LogP contribution is -2.09. The van der Waals surface area contributed by atoms with E-state index < -0.39 is 0 Å². The van der Waals surface area contributed by atoms with Crippen molar-refractivity contribution in [2.75, 3.05) is 13.2 Å². The monoisotopic (exact) mass is 238 g/mol. The Balaban J connectivity index is 2.09. The minimum atomic E-state index is -0.381. The molecule has 16 heavy (non-hydrogen) atoms. The molecule has 0 spiro atoms. The van der Waals surface area contributed by atoms with Gasteiger partial charge in [0.15, 0.2) is 0 Å². The molecule has 1 rings (SSSR count). The van der Waals surface area contributed by atoms with Crippen LogP contribution in [0, 0.1) is 0 Å². The molecule has 0 aliphatic rings. The van der Waals surface area contributed by atoms with Crippen LogP contribution in [-0.2, 0) is 13.7 Å². The normalized spacial score (nSPS) is 9.81. The van der Waals surface area contributed by atoms with E-state index in [1.54, 1.807) is 6.92 Å². The fourth-order valence-corrected chi connectivity index (χ4v) is 1.43. The van der Waals surface area contributed by atoms with Crippen molar-refractivity contribution in [3.63, 3.8) is 0 Å². The van der Waals surface area contributed by atoms with Crippen molar-refractivity contribution in [2.24, 2.45) is 0 Å². The molecule has 0 amide bonds. The molecule has 0 aliphatic carbocycles. The van der Waals surface area contributed by atoms with Crippen LogP contribution in [0.4, 0.5) is 0 Å². The van der Waals surface area contributed by atoms with E-state index in [1.165, 1.54) is 12.0 Å². The highest BCUT2D eigenvalue weighted by Gasteiger charge is 2.02. The van der Waals surface area contributed by atoms with Gasteiger partial charge < -0.3 is 8.92 Å². The van der Waals surface area contributed by atoms with Crippen LogP contribution in [0.25, 0.3) is 0 Å². The molecular formula is C12H14O3S. The average Bonchev–Trinajstić information content (AvgIpc) is 2.29. The predicted molar refractivity (Wildman–Crippen MR) is 64.0 cm³/mol. The van der Waals surface area contributed by atoms with Gasteiger partial charge in [0.2, 0.25) is 0 Å². The van der Waals surface area contributed by atoms with Crippen molar-refractivity contribution in [2.45, 2.75) is 11.8 Å². The fraction of sp³-hybridized carbons (Fsp3) is 0.250. The maximum atomic E-state index is 11.0. The quantitative estimate of drug-likeness (QED) is 0.330. The third kappa shape index (κ3) is 5.00.